The Hall–Kier alpha value is -5.33. The van der Waals surface area contributed by atoms with Crippen LogP contribution in [0.3, 0.4) is 0 Å². The number of ether oxygens (including phenoxy) is 2. The van der Waals surface area contributed by atoms with E-state index in [1.165, 1.54) is 25.3 Å². The largest absolute Gasteiger partial charge is 0.507 e. The number of amides is 1. The summed E-state index contributed by atoms with van der Waals surface area (Å²) >= 11 is 0. The molecule has 7 N–H and O–H groups in total. The number of phenolic OH excluding ortho intramolecular Hbond substituents is 1. The third kappa shape index (κ3) is 6.21. The van der Waals surface area contributed by atoms with Gasteiger partial charge in [-0.25, -0.2) is 18.0 Å². The maximum absolute atomic E-state index is 13.5. The predicted octanol–water partition coefficient (Wildman–Crippen LogP) is 4.35. The molecule has 0 spiro atoms. The minimum absolute atomic E-state index is 0.00952. The highest BCUT2D eigenvalue weighted by atomic mass is 32.2. The normalized spacial score (nSPS) is 12.0. The number of benzene rings is 5. The van der Waals surface area contributed by atoms with E-state index in [4.69, 9.17) is 14.6 Å². The first kappa shape index (κ1) is 30.1. The van der Waals surface area contributed by atoms with Crippen LogP contribution in [-0.2, 0) is 14.8 Å². The monoisotopic (exact) mass is 616 g/mol. The first-order valence-electron chi connectivity index (χ1n) is 13.5. The van der Waals surface area contributed by atoms with Gasteiger partial charge >= 0.3 is 12.1 Å². The predicted molar refractivity (Wildman–Crippen MR) is 165 cm³/mol. The van der Waals surface area contributed by atoms with Gasteiger partial charge in [0.25, 0.3) is 10.0 Å². The van der Waals surface area contributed by atoms with Crippen molar-refractivity contribution in [1.82, 2.24) is 5.32 Å². The summed E-state index contributed by atoms with van der Waals surface area (Å²) in [4.78, 5) is 23.8. The molecule has 0 radical (unpaired) electrons. The van der Waals surface area contributed by atoms with Crippen molar-refractivity contribution in [3.63, 3.8) is 0 Å². The Balaban J connectivity index is 1.61. The quantitative estimate of drug-likeness (QED) is 0.144. The van der Waals surface area contributed by atoms with E-state index in [1.54, 1.807) is 60.7 Å². The molecule has 5 aromatic carbocycles. The topological polar surface area (TPSA) is 179 Å². The van der Waals surface area contributed by atoms with E-state index in [2.05, 4.69) is 15.8 Å². The van der Waals surface area contributed by atoms with Crippen molar-refractivity contribution in [2.75, 3.05) is 18.4 Å². The summed E-state index contributed by atoms with van der Waals surface area (Å²) < 4.78 is 40.4. The number of carboxylic acid groups (broad SMARTS) is 1. The van der Waals surface area contributed by atoms with Crippen LogP contribution in [0.15, 0.2) is 95.9 Å². The second-order valence-electron chi connectivity index (χ2n) is 9.95. The number of rotatable bonds is 10. The fourth-order valence-electron chi connectivity index (χ4n) is 4.82. The molecule has 5 aromatic rings. The minimum atomic E-state index is -4.07. The van der Waals surface area contributed by atoms with Gasteiger partial charge in [0.2, 0.25) is 0 Å². The molecule has 226 valence electrons. The lowest BCUT2D eigenvalue weighted by Crippen LogP contribution is -2.65. The molecule has 0 bridgehead atoms. The molecule has 5 rings (SSSR count). The van der Waals surface area contributed by atoms with Crippen LogP contribution in [0.2, 0.25) is 0 Å². The molecule has 0 saturated carbocycles. The Bertz CT molecular complexity index is 1980. The Morgan fingerprint density at radius 3 is 2.25 bits per heavy atom. The maximum Gasteiger partial charge on any atom is 0.412 e. The van der Waals surface area contributed by atoms with Gasteiger partial charge in [-0.1, -0.05) is 54.6 Å². The molecule has 1 amide bonds. The van der Waals surface area contributed by atoms with Gasteiger partial charge in [-0.2, -0.15) is 0 Å². The SMILES string of the molecule is COc1ccc(S(=O)(=O)Nc2cc(-c3c(OC(=O)NCC[C@H]([NH3+])C(=O)O)ccc4ccccc34)c(O)c3ccccc23)cc1. The highest BCUT2D eigenvalue weighted by Gasteiger charge is 2.23. The molecular weight excluding hydrogens is 586 g/mol. The van der Waals surface area contributed by atoms with Gasteiger partial charge in [0.05, 0.1) is 17.7 Å². The first-order chi connectivity index (χ1) is 21.1. The van der Waals surface area contributed by atoms with Crippen molar-refractivity contribution < 1.29 is 43.4 Å². The number of fused-ring (bicyclic) bond motifs is 2. The Morgan fingerprint density at radius 2 is 1.57 bits per heavy atom. The van der Waals surface area contributed by atoms with Crippen LogP contribution in [0.25, 0.3) is 32.7 Å². The minimum Gasteiger partial charge on any atom is -0.507 e. The number of carboxylic acids is 1. The molecule has 44 heavy (non-hydrogen) atoms. The number of methoxy groups -OCH3 is 1. The molecule has 1 atom stereocenters. The number of quaternary nitrogens is 1. The summed E-state index contributed by atoms with van der Waals surface area (Å²) in [7, 11) is -2.58. The van der Waals surface area contributed by atoms with Crippen LogP contribution in [0.5, 0.6) is 17.2 Å². The molecule has 0 aliphatic rings. The van der Waals surface area contributed by atoms with E-state index in [1.807, 2.05) is 12.1 Å². The summed E-state index contributed by atoms with van der Waals surface area (Å²) in [5.74, 6) is -0.625. The molecule has 0 heterocycles. The standard InChI is InChI=1S/C32H29N3O8S/c1-42-20-11-13-21(14-12-20)44(40,41)35-27-18-25(30(36)24-9-5-4-8-23(24)27)29-22-7-3-2-6-19(22)10-15-28(29)43-32(39)34-17-16-26(33)31(37)38/h2-15,18,26,35-36H,16-17,33H2,1H3,(H,34,39)(H,37,38)/p+1/t26-/m0/s1. The van der Waals surface area contributed by atoms with E-state index in [-0.39, 0.29) is 40.6 Å². The number of aliphatic carboxylic acids is 1. The van der Waals surface area contributed by atoms with E-state index >= 15 is 0 Å². The fourth-order valence-corrected chi connectivity index (χ4v) is 5.89. The Kier molecular flexibility index (Phi) is 8.56. The van der Waals surface area contributed by atoms with E-state index < -0.39 is 28.1 Å². The molecule has 12 heteroatoms. The summed E-state index contributed by atoms with van der Waals surface area (Å²) in [5.41, 5.74) is 4.30. The van der Waals surface area contributed by atoms with Gasteiger partial charge in [-0.3, -0.25) is 4.72 Å². The Labute approximate surface area is 252 Å². The Morgan fingerprint density at radius 1 is 0.909 bits per heavy atom. The van der Waals surface area contributed by atoms with Gasteiger partial charge in [0.1, 0.15) is 17.2 Å². The number of nitrogens with one attached hydrogen (secondary N) is 2. The molecular formula is C32H30N3O8S+. The van der Waals surface area contributed by atoms with Gasteiger partial charge in [-0.05, 0) is 47.2 Å². The molecule has 0 aliphatic heterocycles. The van der Waals surface area contributed by atoms with Crippen molar-refractivity contribution in [3.05, 3.63) is 91.0 Å². The number of anilines is 1. The summed E-state index contributed by atoms with van der Waals surface area (Å²) in [6.07, 6.45) is -0.738. The summed E-state index contributed by atoms with van der Waals surface area (Å²) in [5, 5.41) is 25.4. The number of hydrogen-bond acceptors (Lipinski definition) is 7. The van der Waals surface area contributed by atoms with Crippen LogP contribution in [0.1, 0.15) is 6.42 Å². The van der Waals surface area contributed by atoms with Gasteiger partial charge in [-0.15, -0.1) is 0 Å². The van der Waals surface area contributed by atoms with E-state index in [9.17, 15) is 23.1 Å². The number of aromatic hydroxyl groups is 1. The average molecular weight is 617 g/mol. The maximum atomic E-state index is 13.5. The smallest absolute Gasteiger partial charge is 0.412 e. The van der Waals surface area contributed by atoms with Crippen LogP contribution >= 0.6 is 0 Å². The van der Waals surface area contributed by atoms with Crippen molar-refractivity contribution >= 4 is 49.3 Å². The number of carbonyl (C=O) groups excluding carboxylic acids is 1. The zero-order chi connectivity index (χ0) is 31.4. The fraction of sp³-hybridized carbons (Fsp3) is 0.125. The van der Waals surface area contributed by atoms with Crippen LogP contribution < -0.4 is 25.2 Å². The molecule has 0 aromatic heterocycles. The number of sulfonamides is 1. The second kappa shape index (κ2) is 12.5. The lowest BCUT2D eigenvalue weighted by Gasteiger charge is -2.19. The zero-order valence-electron chi connectivity index (χ0n) is 23.6. The van der Waals surface area contributed by atoms with E-state index in [0.29, 0.717) is 27.5 Å². The van der Waals surface area contributed by atoms with Gasteiger partial charge in [0, 0.05) is 34.9 Å². The zero-order valence-corrected chi connectivity index (χ0v) is 24.4. The van der Waals surface area contributed by atoms with Crippen molar-refractivity contribution in [2.45, 2.75) is 17.4 Å². The highest BCUT2D eigenvalue weighted by molar-refractivity contribution is 7.92. The van der Waals surface area contributed by atoms with Crippen molar-refractivity contribution in [2.24, 2.45) is 0 Å². The number of hydrogen-bond donors (Lipinski definition) is 5. The first-order valence-corrected chi connectivity index (χ1v) is 15.0. The third-order valence-electron chi connectivity index (χ3n) is 7.10. The number of phenols is 1. The summed E-state index contributed by atoms with van der Waals surface area (Å²) in [6.45, 7) is 0.0146. The van der Waals surface area contributed by atoms with Crippen molar-refractivity contribution in [3.8, 4) is 28.4 Å². The molecule has 0 unspecified atom stereocenters. The lowest BCUT2D eigenvalue weighted by atomic mass is 9.93. The molecule has 11 nitrogen and oxygen atoms in total. The average Bonchev–Trinajstić information content (AvgIpc) is 3.02. The molecule has 0 aliphatic carbocycles. The summed E-state index contributed by atoms with van der Waals surface area (Å²) in [6, 6.07) is 23.9. The molecule has 0 saturated heterocycles. The molecule has 0 fully saturated rings. The highest BCUT2D eigenvalue weighted by Crippen LogP contribution is 2.46. The second-order valence-corrected chi connectivity index (χ2v) is 11.6. The van der Waals surface area contributed by atoms with Gasteiger partial charge < -0.3 is 30.7 Å². The van der Waals surface area contributed by atoms with Gasteiger partial charge in [0.15, 0.2) is 6.04 Å². The third-order valence-corrected chi connectivity index (χ3v) is 8.49. The van der Waals surface area contributed by atoms with Crippen LogP contribution in [0, 0.1) is 0 Å². The van der Waals surface area contributed by atoms with Crippen LogP contribution in [-0.4, -0.2) is 50.4 Å². The van der Waals surface area contributed by atoms with Crippen LogP contribution in [0.4, 0.5) is 10.5 Å². The van der Waals surface area contributed by atoms with Crippen molar-refractivity contribution in [1.29, 1.82) is 0 Å². The number of carbonyl (C=O) groups is 2. The lowest BCUT2D eigenvalue weighted by molar-refractivity contribution is -0.408. The van der Waals surface area contributed by atoms with E-state index in [0.717, 1.165) is 5.39 Å².